The Balaban J connectivity index is 1.90. The van der Waals surface area contributed by atoms with E-state index in [0.717, 1.165) is 17.0 Å². The largest absolute Gasteiger partial charge is 0.469 e. The lowest BCUT2D eigenvalue weighted by Gasteiger charge is -2.39. The molecule has 112 valence electrons. The van der Waals surface area contributed by atoms with Crippen molar-refractivity contribution in [2.45, 2.75) is 30.6 Å². The molecule has 0 saturated carbocycles. The Morgan fingerprint density at radius 2 is 1.73 bits per heavy atom. The summed E-state index contributed by atoms with van der Waals surface area (Å²) in [6.07, 6.45) is 0. The Labute approximate surface area is 134 Å². The molecule has 4 rings (SSSR count). The minimum absolute atomic E-state index is 0.0580. The molecule has 0 fully saturated rings. The van der Waals surface area contributed by atoms with Gasteiger partial charge in [0.05, 0.1) is 10.6 Å². The lowest BCUT2D eigenvalue weighted by atomic mass is 9.86. The normalized spacial score (nSPS) is 20.9. The standard InChI is InChI=1S/C19H19NOS/c1-18(2,3)19(21-15-10-6-7-11-16(15)22-19)17-12-13-8-4-5-9-14(13)20-17/h4-12,20H,1-3H3. The quantitative estimate of drug-likeness (QED) is 0.637. The van der Waals surface area contributed by atoms with Crippen molar-refractivity contribution < 1.29 is 4.74 Å². The van der Waals surface area contributed by atoms with Crippen molar-refractivity contribution in [1.82, 2.24) is 4.98 Å². The Morgan fingerprint density at radius 3 is 2.45 bits per heavy atom. The fraction of sp³-hybridized carbons (Fsp3) is 0.263. The summed E-state index contributed by atoms with van der Waals surface area (Å²) in [4.78, 5) is 4.34. The van der Waals surface area contributed by atoms with Crippen LogP contribution in [0.1, 0.15) is 26.5 Å². The van der Waals surface area contributed by atoms with Crippen molar-refractivity contribution in [3.63, 3.8) is 0 Å². The van der Waals surface area contributed by atoms with Gasteiger partial charge in [0.15, 0.2) is 0 Å². The highest BCUT2D eigenvalue weighted by Gasteiger charge is 2.52. The topological polar surface area (TPSA) is 25.0 Å². The number of fused-ring (bicyclic) bond motifs is 2. The molecule has 1 aromatic heterocycles. The molecule has 0 aliphatic carbocycles. The van der Waals surface area contributed by atoms with E-state index < -0.39 is 4.93 Å². The molecule has 0 amide bonds. The van der Waals surface area contributed by atoms with Gasteiger partial charge in [0.2, 0.25) is 4.93 Å². The maximum Gasteiger partial charge on any atom is 0.204 e. The van der Waals surface area contributed by atoms with Crippen LogP contribution < -0.4 is 4.74 Å². The van der Waals surface area contributed by atoms with E-state index in [-0.39, 0.29) is 5.41 Å². The van der Waals surface area contributed by atoms with Crippen LogP contribution in [-0.2, 0) is 4.93 Å². The molecule has 0 saturated heterocycles. The monoisotopic (exact) mass is 309 g/mol. The first kappa shape index (κ1) is 13.8. The number of hydrogen-bond donors (Lipinski definition) is 1. The zero-order valence-corrected chi connectivity index (χ0v) is 13.8. The third-order valence-corrected chi connectivity index (χ3v) is 5.99. The van der Waals surface area contributed by atoms with Crippen LogP contribution in [0, 0.1) is 5.41 Å². The molecular formula is C19H19NOS. The number of ether oxygens (including phenoxy) is 1. The molecule has 2 aromatic carbocycles. The summed E-state index contributed by atoms with van der Waals surface area (Å²) in [5.41, 5.74) is 2.22. The average molecular weight is 309 g/mol. The maximum atomic E-state index is 6.51. The van der Waals surface area contributed by atoms with Gasteiger partial charge in [-0.1, -0.05) is 62.9 Å². The van der Waals surface area contributed by atoms with Crippen LogP contribution >= 0.6 is 11.8 Å². The molecule has 2 heterocycles. The Bertz CT molecular complexity index is 786. The first-order valence-electron chi connectivity index (χ1n) is 7.55. The number of hydrogen-bond acceptors (Lipinski definition) is 2. The molecule has 0 radical (unpaired) electrons. The van der Waals surface area contributed by atoms with Crippen molar-refractivity contribution in [2.75, 3.05) is 0 Å². The highest BCUT2D eigenvalue weighted by molar-refractivity contribution is 8.00. The van der Waals surface area contributed by atoms with Gasteiger partial charge in [-0.15, -0.1) is 0 Å². The SMILES string of the molecule is CC(C)(C)C1(c2cc3ccccc3[nH]2)Oc2ccccc2S1. The molecule has 22 heavy (non-hydrogen) atoms. The Kier molecular flexibility index (Phi) is 2.85. The lowest BCUT2D eigenvalue weighted by Crippen LogP contribution is -2.40. The van der Waals surface area contributed by atoms with Crippen molar-refractivity contribution in [3.05, 3.63) is 60.3 Å². The van der Waals surface area contributed by atoms with Crippen LogP contribution in [0.15, 0.2) is 59.5 Å². The minimum Gasteiger partial charge on any atom is -0.469 e. The highest BCUT2D eigenvalue weighted by atomic mass is 32.2. The zero-order chi connectivity index (χ0) is 15.4. The Hall–Kier alpha value is -1.87. The summed E-state index contributed by atoms with van der Waals surface area (Å²) in [5.74, 6) is 0.973. The summed E-state index contributed by atoms with van der Waals surface area (Å²) in [6.45, 7) is 6.70. The second-order valence-corrected chi connectivity index (χ2v) is 8.01. The van der Waals surface area contributed by atoms with Crippen molar-refractivity contribution in [1.29, 1.82) is 0 Å². The van der Waals surface area contributed by atoms with Crippen molar-refractivity contribution >= 4 is 22.7 Å². The van der Waals surface area contributed by atoms with Gasteiger partial charge in [0, 0.05) is 10.9 Å². The molecule has 3 aromatic rings. The van der Waals surface area contributed by atoms with Gasteiger partial charge < -0.3 is 9.72 Å². The van der Waals surface area contributed by atoms with Gasteiger partial charge >= 0.3 is 0 Å². The number of nitrogens with one attached hydrogen (secondary N) is 1. The van der Waals surface area contributed by atoms with E-state index in [2.05, 4.69) is 74.3 Å². The number of benzene rings is 2. The van der Waals surface area contributed by atoms with Gasteiger partial charge in [-0.25, -0.2) is 0 Å². The van der Waals surface area contributed by atoms with Gasteiger partial charge in [-0.3, -0.25) is 0 Å². The van der Waals surface area contributed by atoms with E-state index in [9.17, 15) is 0 Å². The molecule has 3 heteroatoms. The van der Waals surface area contributed by atoms with E-state index >= 15 is 0 Å². The lowest BCUT2D eigenvalue weighted by molar-refractivity contribution is 0.0530. The van der Waals surface area contributed by atoms with Gasteiger partial charge in [0.25, 0.3) is 0 Å². The van der Waals surface area contributed by atoms with Gasteiger partial charge in [0.1, 0.15) is 5.75 Å². The first-order chi connectivity index (χ1) is 10.5. The maximum absolute atomic E-state index is 6.51. The third kappa shape index (κ3) is 1.88. The number of rotatable bonds is 1. The van der Waals surface area contributed by atoms with E-state index in [4.69, 9.17) is 4.74 Å². The van der Waals surface area contributed by atoms with Crippen LogP contribution in [0.3, 0.4) is 0 Å². The van der Waals surface area contributed by atoms with Crippen LogP contribution in [0.4, 0.5) is 0 Å². The van der Waals surface area contributed by atoms with E-state index in [1.165, 1.54) is 10.3 Å². The van der Waals surface area contributed by atoms with Gasteiger partial charge in [-0.2, -0.15) is 0 Å². The summed E-state index contributed by atoms with van der Waals surface area (Å²) < 4.78 is 6.51. The van der Waals surface area contributed by atoms with E-state index in [0.29, 0.717) is 0 Å². The van der Waals surface area contributed by atoms with Crippen molar-refractivity contribution in [2.24, 2.45) is 5.41 Å². The first-order valence-corrected chi connectivity index (χ1v) is 8.37. The number of thioether (sulfide) groups is 1. The van der Waals surface area contributed by atoms with Crippen molar-refractivity contribution in [3.8, 4) is 5.75 Å². The van der Waals surface area contributed by atoms with Crippen LogP contribution in [0.25, 0.3) is 10.9 Å². The summed E-state index contributed by atoms with van der Waals surface area (Å²) in [5, 5.41) is 1.22. The number of H-pyrrole nitrogens is 1. The summed E-state index contributed by atoms with van der Waals surface area (Å²) in [7, 11) is 0. The average Bonchev–Trinajstić information content (AvgIpc) is 3.08. The smallest absolute Gasteiger partial charge is 0.204 e. The van der Waals surface area contributed by atoms with E-state index in [1.54, 1.807) is 11.8 Å². The predicted octanol–water partition coefficient (Wildman–Crippen LogP) is 5.55. The molecule has 0 spiro atoms. The Morgan fingerprint density at radius 1 is 1.00 bits per heavy atom. The second kappa shape index (κ2) is 4.56. The van der Waals surface area contributed by atoms with Crippen LogP contribution in [0.2, 0.25) is 0 Å². The van der Waals surface area contributed by atoms with Crippen LogP contribution in [0.5, 0.6) is 5.75 Å². The fourth-order valence-electron chi connectivity index (χ4n) is 3.02. The molecule has 1 aliphatic heterocycles. The number of para-hydroxylation sites is 2. The molecule has 1 atom stereocenters. The second-order valence-electron chi connectivity index (χ2n) is 6.79. The fourth-order valence-corrected chi connectivity index (χ4v) is 4.34. The zero-order valence-electron chi connectivity index (χ0n) is 13.0. The van der Waals surface area contributed by atoms with Gasteiger partial charge in [-0.05, 0) is 29.7 Å². The summed E-state index contributed by atoms with van der Waals surface area (Å²) >= 11 is 1.81. The predicted molar refractivity (Wildman–Crippen MR) is 92.4 cm³/mol. The minimum atomic E-state index is -0.435. The molecule has 1 N–H and O–H groups in total. The molecule has 1 unspecified atom stereocenters. The number of aromatic nitrogens is 1. The molecule has 0 bridgehead atoms. The molecule has 2 nitrogen and oxygen atoms in total. The highest BCUT2D eigenvalue weighted by Crippen LogP contribution is 2.60. The third-order valence-electron chi connectivity index (χ3n) is 4.23. The number of aromatic amines is 1. The molecular weight excluding hydrogens is 290 g/mol. The van der Waals surface area contributed by atoms with Crippen LogP contribution in [-0.4, -0.2) is 4.98 Å². The van der Waals surface area contributed by atoms with E-state index in [1.807, 2.05) is 6.07 Å². The summed E-state index contributed by atoms with van der Waals surface area (Å²) in [6, 6.07) is 18.9. The molecule has 1 aliphatic rings.